The van der Waals surface area contributed by atoms with Crippen molar-refractivity contribution >= 4 is 36.1 Å². The molecule has 1 unspecified atom stereocenters. The number of benzene rings is 1. The molecular weight excluding hydrogens is 500 g/mol. The molecule has 2 aliphatic heterocycles. The molecule has 2 aromatic heterocycles. The Bertz CT molecular complexity index is 1580. The zero-order chi connectivity index (χ0) is 27.8. The van der Waals surface area contributed by atoms with Gasteiger partial charge in [0.15, 0.2) is 0 Å². The Balaban J connectivity index is 1.83. The Morgan fingerprint density at radius 1 is 1.24 bits per heavy atom. The number of cyclic esters (lactones) is 1. The largest absolute Gasteiger partial charge is 0.460 e. The minimum absolute atomic E-state index is 0.0275. The van der Waals surface area contributed by atoms with Gasteiger partial charge in [-0.3, -0.25) is 14.4 Å². The monoisotopic (exact) mass is 534 g/mol. The van der Waals surface area contributed by atoms with E-state index in [1.165, 1.54) is 6.92 Å². The van der Waals surface area contributed by atoms with Crippen LogP contribution in [0.3, 0.4) is 0 Å². The fraction of sp³-hybridized carbons (Fsp3) is 0.448. The van der Waals surface area contributed by atoms with E-state index in [4.69, 9.17) is 14.5 Å². The maximum absolute atomic E-state index is 13.7. The lowest BCUT2D eigenvalue weighted by atomic mass is 9.75. The summed E-state index contributed by atoms with van der Waals surface area (Å²) < 4.78 is 12.6. The molecule has 0 radical (unpaired) electrons. The molecule has 0 aliphatic carbocycles. The second-order valence-corrected chi connectivity index (χ2v) is 17.2. The lowest BCUT2D eigenvalue weighted by Gasteiger charge is -2.38. The molecule has 38 heavy (non-hydrogen) atoms. The van der Waals surface area contributed by atoms with Crippen molar-refractivity contribution in [3.8, 4) is 17.1 Å². The molecule has 200 valence electrons. The van der Waals surface area contributed by atoms with Gasteiger partial charge in [-0.25, -0.2) is 4.98 Å². The van der Waals surface area contributed by atoms with Gasteiger partial charge in [-0.15, -0.1) is 0 Å². The van der Waals surface area contributed by atoms with Crippen molar-refractivity contribution in [3.63, 3.8) is 0 Å². The third-order valence-electron chi connectivity index (χ3n) is 8.92. The number of esters is 2. The van der Waals surface area contributed by atoms with E-state index in [2.05, 4.69) is 33.9 Å². The number of carbonyl (C=O) groups excluding carboxylic acids is 2. The van der Waals surface area contributed by atoms with Gasteiger partial charge in [0.1, 0.15) is 17.8 Å². The first-order valence-electron chi connectivity index (χ1n) is 13.0. The van der Waals surface area contributed by atoms with Gasteiger partial charge in [0.05, 0.1) is 43.7 Å². The van der Waals surface area contributed by atoms with Crippen LogP contribution in [0.1, 0.15) is 57.7 Å². The van der Waals surface area contributed by atoms with Crippen molar-refractivity contribution in [2.75, 3.05) is 6.61 Å². The van der Waals surface area contributed by atoms with E-state index in [1.807, 2.05) is 24.3 Å². The van der Waals surface area contributed by atoms with E-state index in [9.17, 15) is 19.5 Å². The Labute approximate surface area is 222 Å². The van der Waals surface area contributed by atoms with Crippen LogP contribution in [0.5, 0.6) is 5.75 Å². The van der Waals surface area contributed by atoms with Crippen LogP contribution in [-0.4, -0.2) is 41.3 Å². The van der Waals surface area contributed by atoms with Crippen LogP contribution in [0.25, 0.3) is 22.3 Å². The number of hydrogen-bond acceptors (Lipinski definition) is 7. The molecule has 0 spiro atoms. The predicted molar refractivity (Wildman–Crippen MR) is 148 cm³/mol. The van der Waals surface area contributed by atoms with E-state index in [-0.39, 0.29) is 17.2 Å². The van der Waals surface area contributed by atoms with Crippen molar-refractivity contribution in [1.82, 2.24) is 9.55 Å². The fourth-order valence-corrected chi connectivity index (χ4v) is 7.62. The molecule has 1 atom stereocenters. The summed E-state index contributed by atoms with van der Waals surface area (Å²) in [7, 11) is -2.08. The molecule has 0 fully saturated rings. The molecule has 4 heterocycles. The summed E-state index contributed by atoms with van der Waals surface area (Å²) in [6.45, 7) is 14.2. The van der Waals surface area contributed by atoms with Gasteiger partial charge >= 0.3 is 11.9 Å². The predicted octanol–water partition coefficient (Wildman–Crippen LogP) is 3.76. The number of aromatic nitrogens is 2. The van der Waals surface area contributed by atoms with Gasteiger partial charge in [-0.05, 0) is 40.4 Å². The maximum Gasteiger partial charge on any atom is 0.319 e. The van der Waals surface area contributed by atoms with E-state index >= 15 is 0 Å². The first-order chi connectivity index (χ1) is 17.8. The lowest BCUT2D eigenvalue weighted by molar-refractivity contribution is -0.156. The summed E-state index contributed by atoms with van der Waals surface area (Å²) in [5.41, 5.74) is 2.25. The van der Waals surface area contributed by atoms with Crippen LogP contribution in [0, 0.1) is 0 Å². The molecule has 8 nitrogen and oxygen atoms in total. The van der Waals surface area contributed by atoms with Gasteiger partial charge in [-0.1, -0.05) is 46.9 Å². The highest BCUT2D eigenvalue weighted by molar-refractivity contribution is 6.93. The van der Waals surface area contributed by atoms with Gasteiger partial charge in [0.25, 0.3) is 5.56 Å². The normalized spacial score (nSPS) is 18.6. The summed E-state index contributed by atoms with van der Waals surface area (Å²) in [6.07, 6.45) is 0.303. The number of pyridine rings is 2. The van der Waals surface area contributed by atoms with Crippen LogP contribution in [-0.2, 0) is 32.9 Å². The van der Waals surface area contributed by atoms with Crippen molar-refractivity contribution in [3.05, 3.63) is 51.3 Å². The number of carbonyl (C=O) groups is 2. The SMILES string of the molecule is CCC1(CO)C(=O)OCc2c1cc1n(c2=O)Cc2cc3c(OC(C)=O)ccc([Si](C)(C)C(C)(C)C)c3nc2-1. The van der Waals surface area contributed by atoms with E-state index in [0.717, 1.165) is 21.7 Å². The molecule has 1 aromatic carbocycles. The number of fused-ring (bicyclic) bond motifs is 5. The van der Waals surface area contributed by atoms with E-state index in [1.54, 1.807) is 11.5 Å². The zero-order valence-electron chi connectivity index (χ0n) is 23.0. The summed E-state index contributed by atoms with van der Waals surface area (Å²) in [5, 5.41) is 12.2. The third-order valence-corrected chi connectivity index (χ3v) is 14.4. The van der Waals surface area contributed by atoms with Crippen molar-refractivity contribution in [2.45, 2.75) is 77.7 Å². The van der Waals surface area contributed by atoms with Crippen LogP contribution in [0.15, 0.2) is 29.1 Å². The second kappa shape index (κ2) is 8.61. The summed E-state index contributed by atoms with van der Waals surface area (Å²) in [5.74, 6) is -0.490. The van der Waals surface area contributed by atoms with Crippen LogP contribution in [0.4, 0.5) is 0 Å². The minimum atomic E-state index is -2.08. The first kappa shape index (κ1) is 26.3. The molecule has 9 heteroatoms. The van der Waals surface area contributed by atoms with Gasteiger partial charge < -0.3 is 19.1 Å². The topological polar surface area (TPSA) is 108 Å². The van der Waals surface area contributed by atoms with Crippen molar-refractivity contribution in [2.24, 2.45) is 0 Å². The number of nitrogens with zero attached hydrogens (tertiary/aromatic N) is 2. The highest BCUT2D eigenvalue weighted by Gasteiger charge is 2.46. The van der Waals surface area contributed by atoms with Crippen LogP contribution in [0.2, 0.25) is 18.1 Å². The number of aliphatic hydroxyl groups is 1. The van der Waals surface area contributed by atoms with Crippen molar-refractivity contribution < 1.29 is 24.2 Å². The Morgan fingerprint density at radius 2 is 1.95 bits per heavy atom. The van der Waals surface area contributed by atoms with Gasteiger partial charge in [-0.2, -0.15) is 0 Å². The number of rotatable bonds is 4. The number of aliphatic hydroxyl groups excluding tert-OH is 1. The highest BCUT2D eigenvalue weighted by Crippen LogP contribution is 2.42. The molecule has 5 rings (SSSR count). The molecule has 0 saturated heterocycles. The lowest BCUT2D eigenvalue weighted by Crippen LogP contribution is -2.50. The van der Waals surface area contributed by atoms with E-state index < -0.39 is 32.0 Å². The first-order valence-corrected chi connectivity index (χ1v) is 16.0. The summed E-state index contributed by atoms with van der Waals surface area (Å²) >= 11 is 0. The fourth-order valence-electron chi connectivity index (χ4n) is 5.53. The molecule has 3 aromatic rings. The zero-order valence-corrected chi connectivity index (χ0v) is 24.0. The minimum Gasteiger partial charge on any atom is -0.460 e. The van der Waals surface area contributed by atoms with Gasteiger partial charge in [0, 0.05) is 17.9 Å². The maximum atomic E-state index is 13.7. The second-order valence-electron chi connectivity index (χ2n) is 12.0. The molecule has 0 amide bonds. The average molecular weight is 535 g/mol. The Kier molecular flexibility index (Phi) is 5.96. The van der Waals surface area contributed by atoms with Gasteiger partial charge in [0.2, 0.25) is 0 Å². The summed E-state index contributed by atoms with van der Waals surface area (Å²) in [4.78, 5) is 43.5. The number of ether oxygens (including phenoxy) is 2. The Morgan fingerprint density at radius 3 is 2.55 bits per heavy atom. The average Bonchev–Trinajstić information content (AvgIpc) is 3.20. The Hall–Kier alpha value is -3.30. The smallest absolute Gasteiger partial charge is 0.319 e. The molecule has 0 saturated carbocycles. The quantitative estimate of drug-likeness (QED) is 0.241. The molecule has 0 bridgehead atoms. The molecular formula is C29H34N2O6Si. The van der Waals surface area contributed by atoms with Crippen LogP contribution < -0.4 is 15.5 Å². The highest BCUT2D eigenvalue weighted by atomic mass is 28.3. The summed E-state index contributed by atoms with van der Waals surface area (Å²) in [6, 6.07) is 7.68. The van der Waals surface area contributed by atoms with Crippen molar-refractivity contribution in [1.29, 1.82) is 0 Å². The van der Waals surface area contributed by atoms with E-state index in [0.29, 0.717) is 41.2 Å². The molecule has 2 aliphatic rings. The third kappa shape index (κ3) is 3.59. The number of hydrogen-bond donors (Lipinski definition) is 1. The molecule has 1 N–H and O–H groups in total. The van der Waals surface area contributed by atoms with Crippen LogP contribution >= 0.6 is 0 Å². The standard InChI is InChI=1S/C29H34N2O6Si/c1-8-29(15-32)20-12-21-24-17(13-31(21)26(34)19(20)14-36-27(29)35)11-18-22(37-16(2)33)9-10-23(25(18)30-24)38(6,7)28(3,4)5/h9-12,32H,8,13-15H2,1-7H3.